The average molecular weight is 562 g/mol. The lowest BCUT2D eigenvalue weighted by molar-refractivity contribution is 0.332. The Labute approximate surface area is 258 Å². The molecule has 0 unspecified atom stereocenters. The van der Waals surface area contributed by atoms with E-state index in [1.54, 1.807) is 0 Å². The van der Waals surface area contributed by atoms with Crippen molar-refractivity contribution in [2.75, 3.05) is 4.90 Å². The molecule has 2 aliphatic carbocycles. The van der Waals surface area contributed by atoms with Crippen molar-refractivity contribution < 1.29 is 0 Å². The van der Waals surface area contributed by atoms with Gasteiger partial charge in [-0.3, -0.25) is 0 Å². The molecule has 0 saturated carbocycles. The summed E-state index contributed by atoms with van der Waals surface area (Å²) < 4.78 is 0. The predicted octanol–water partition coefficient (Wildman–Crippen LogP) is 11.8. The van der Waals surface area contributed by atoms with Crippen LogP contribution in [0.2, 0.25) is 0 Å². The van der Waals surface area contributed by atoms with Crippen molar-refractivity contribution in [1.82, 2.24) is 0 Å². The van der Waals surface area contributed by atoms with Gasteiger partial charge in [0.05, 0.1) is 5.69 Å². The summed E-state index contributed by atoms with van der Waals surface area (Å²) in [6.45, 7) is 16.9. The Bertz CT molecular complexity index is 1800. The molecule has 7 rings (SSSR count). The van der Waals surface area contributed by atoms with Gasteiger partial charge in [-0.25, -0.2) is 0 Å². The third-order valence-corrected chi connectivity index (χ3v) is 10.4. The minimum atomic E-state index is -0.0926. The quantitative estimate of drug-likeness (QED) is 0.211. The van der Waals surface area contributed by atoms with Gasteiger partial charge in [0.2, 0.25) is 0 Å². The first kappa shape index (κ1) is 27.7. The fourth-order valence-electron chi connectivity index (χ4n) is 7.91. The van der Waals surface area contributed by atoms with Crippen LogP contribution in [-0.4, -0.2) is 0 Å². The summed E-state index contributed by atoms with van der Waals surface area (Å²) in [7, 11) is 0. The monoisotopic (exact) mass is 561 g/mol. The molecular weight excluding hydrogens is 518 g/mol. The summed E-state index contributed by atoms with van der Waals surface area (Å²) in [6.07, 6.45) is 2.38. The maximum atomic E-state index is 2.54. The molecule has 5 aromatic carbocycles. The van der Waals surface area contributed by atoms with Gasteiger partial charge in [-0.15, -0.1) is 0 Å². The van der Waals surface area contributed by atoms with E-state index < -0.39 is 0 Å². The van der Waals surface area contributed by atoms with Gasteiger partial charge >= 0.3 is 0 Å². The SMILES string of the molecule is Cc1ccc2c(c1-c1cc3c(cc1N(c1ccccc1)c1ccccc1)C(C)(C)c1ccccc1-3)C(C)(C)CCC2(C)C. The maximum Gasteiger partial charge on any atom is 0.0543 e. The van der Waals surface area contributed by atoms with Crippen molar-refractivity contribution in [2.45, 2.75) is 77.6 Å². The molecular formula is C42H43N. The molecule has 0 spiro atoms. The van der Waals surface area contributed by atoms with Crippen molar-refractivity contribution in [2.24, 2.45) is 0 Å². The molecule has 0 heterocycles. The zero-order valence-corrected chi connectivity index (χ0v) is 26.8. The van der Waals surface area contributed by atoms with Crippen molar-refractivity contribution in [1.29, 1.82) is 0 Å². The van der Waals surface area contributed by atoms with E-state index in [1.165, 1.54) is 80.0 Å². The molecule has 2 aliphatic rings. The van der Waals surface area contributed by atoms with E-state index in [0.717, 1.165) is 0 Å². The van der Waals surface area contributed by atoms with Crippen molar-refractivity contribution in [3.05, 3.63) is 137 Å². The van der Waals surface area contributed by atoms with E-state index in [0.29, 0.717) is 0 Å². The number of hydrogen-bond acceptors (Lipinski definition) is 1. The summed E-state index contributed by atoms with van der Waals surface area (Å²) in [5, 5.41) is 0. The Morgan fingerprint density at radius 2 is 1.09 bits per heavy atom. The van der Waals surface area contributed by atoms with E-state index in [-0.39, 0.29) is 16.2 Å². The van der Waals surface area contributed by atoms with Crippen LogP contribution in [0.15, 0.2) is 109 Å². The standard InChI is InChI=1S/C42H43N/c1-28-22-23-35-39(41(4,5)25-24-40(35,2)3)38(28)33-26-32-31-20-14-15-21-34(31)42(6,7)36(32)27-37(33)43(29-16-10-8-11-17-29)30-18-12-9-13-19-30/h8-23,26-27H,24-25H2,1-7H3. The molecule has 0 N–H and O–H groups in total. The Morgan fingerprint density at radius 3 is 1.74 bits per heavy atom. The highest BCUT2D eigenvalue weighted by atomic mass is 15.1. The van der Waals surface area contributed by atoms with Crippen molar-refractivity contribution in [3.8, 4) is 22.3 Å². The Balaban J connectivity index is 1.63. The first-order chi connectivity index (χ1) is 20.5. The number of anilines is 3. The van der Waals surface area contributed by atoms with E-state index in [1.807, 2.05) is 0 Å². The molecule has 0 amide bonds. The average Bonchev–Trinajstić information content (AvgIpc) is 3.22. The molecule has 0 bridgehead atoms. The van der Waals surface area contributed by atoms with E-state index in [4.69, 9.17) is 0 Å². The minimum absolute atomic E-state index is 0.0734. The van der Waals surface area contributed by atoms with E-state index in [2.05, 4.69) is 163 Å². The number of fused-ring (bicyclic) bond motifs is 4. The van der Waals surface area contributed by atoms with Crippen LogP contribution in [0.1, 0.15) is 82.2 Å². The Morgan fingerprint density at radius 1 is 0.512 bits per heavy atom. The summed E-state index contributed by atoms with van der Waals surface area (Å²) in [6, 6.07) is 40.7. The minimum Gasteiger partial charge on any atom is -0.310 e. The molecule has 0 atom stereocenters. The lowest BCUT2D eigenvalue weighted by Gasteiger charge is -2.44. The van der Waals surface area contributed by atoms with Crippen LogP contribution in [0.4, 0.5) is 17.1 Å². The first-order valence-corrected chi connectivity index (χ1v) is 15.8. The van der Waals surface area contributed by atoms with Gasteiger partial charge in [-0.2, -0.15) is 0 Å². The van der Waals surface area contributed by atoms with Gasteiger partial charge < -0.3 is 4.90 Å². The number of nitrogens with zero attached hydrogens (tertiary/aromatic N) is 1. The number of para-hydroxylation sites is 2. The van der Waals surface area contributed by atoms with Gasteiger partial charge in [0.1, 0.15) is 0 Å². The fourth-order valence-corrected chi connectivity index (χ4v) is 7.91. The van der Waals surface area contributed by atoms with Crippen molar-refractivity contribution in [3.63, 3.8) is 0 Å². The van der Waals surface area contributed by atoms with Crippen molar-refractivity contribution >= 4 is 17.1 Å². The molecule has 1 heteroatoms. The molecule has 0 aromatic heterocycles. The highest BCUT2D eigenvalue weighted by Gasteiger charge is 2.41. The van der Waals surface area contributed by atoms with Crippen LogP contribution in [0, 0.1) is 6.92 Å². The van der Waals surface area contributed by atoms with Crippen LogP contribution in [0.3, 0.4) is 0 Å². The highest BCUT2D eigenvalue weighted by molar-refractivity contribution is 5.96. The number of benzene rings is 5. The number of rotatable bonds is 4. The lowest BCUT2D eigenvalue weighted by atomic mass is 9.61. The Kier molecular flexibility index (Phi) is 6.26. The Hall–Kier alpha value is -4.10. The van der Waals surface area contributed by atoms with Gasteiger partial charge in [-0.1, -0.05) is 114 Å². The normalized spacial score (nSPS) is 17.1. The highest BCUT2D eigenvalue weighted by Crippen LogP contribution is 2.56. The molecule has 0 aliphatic heterocycles. The predicted molar refractivity (Wildman–Crippen MR) is 184 cm³/mol. The first-order valence-electron chi connectivity index (χ1n) is 15.8. The lowest BCUT2D eigenvalue weighted by Crippen LogP contribution is -2.34. The van der Waals surface area contributed by atoms with E-state index in [9.17, 15) is 0 Å². The molecule has 0 saturated heterocycles. The summed E-state index contributed by atoms with van der Waals surface area (Å²) in [4.78, 5) is 2.48. The van der Waals surface area contributed by atoms with E-state index >= 15 is 0 Å². The third-order valence-electron chi connectivity index (χ3n) is 10.4. The topological polar surface area (TPSA) is 3.24 Å². The molecule has 0 radical (unpaired) electrons. The molecule has 1 nitrogen and oxygen atoms in total. The number of aryl methyl sites for hydroxylation is 1. The smallest absolute Gasteiger partial charge is 0.0543 e. The zero-order valence-electron chi connectivity index (χ0n) is 26.8. The second-order valence-corrected chi connectivity index (χ2v) is 14.5. The van der Waals surface area contributed by atoms with Crippen LogP contribution in [0.5, 0.6) is 0 Å². The van der Waals surface area contributed by atoms with Crippen LogP contribution in [-0.2, 0) is 16.2 Å². The van der Waals surface area contributed by atoms with Gasteiger partial charge in [0.25, 0.3) is 0 Å². The van der Waals surface area contributed by atoms with Gasteiger partial charge in [0.15, 0.2) is 0 Å². The largest absolute Gasteiger partial charge is 0.310 e. The molecule has 5 aromatic rings. The van der Waals surface area contributed by atoms with Crippen LogP contribution >= 0.6 is 0 Å². The fraction of sp³-hybridized carbons (Fsp3) is 0.286. The van der Waals surface area contributed by atoms with Crippen LogP contribution in [0.25, 0.3) is 22.3 Å². The maximum absolute atomic E-state index is 2.54. The van der Waals surface area contributed by atoms with Gasteiger partial charge in [-0.05, 0) is 112 Å². The summed E-state index contributed by atoms with van der Waals surface area (Å²) in [5.74, 6) is 0. The second-order valence-electron chi connectivity index (χ2n) is 14.5. The number of hydrogen-bond donors (Lipinski definition) is 0. The second kappa shape index (κ2) is 9.71. The summed E-state index contributed by atoms with van der Waals surface area (Å²) >= 11 is 0. The summed E-state index contributed by atoms with van der Waals surface area (Å²) in [5.41, 5.74) is 16.3. The molecule has 0 fully saturated rings. The molecule has 216 valence electrons. The zero-order chi connectivity index (χ0) is 30.1. The van der Waals surface area contributed by atoms with Gasteiger partial charge in [0, 0.05) is 22.4 Å². The molecule has 43 heavy (non-hydrogen) atoms. The third kappa shape index (κ3) is 4.27. The van der Waals surface area contributed by atoms with Crippen LogP contribution < -0.4 is 4.90 Å².